The van der Waals surface area contributed by atoms with Crippen molar-refractivity contribution < 1.29 is 4.39 Å². The van der Waals surface area contributed by atoms with E-state index in [4.69, 9.17) is 0 Å². The molecule has 1 aromatic carbocycles. The fourth-order valence-corrected chi connectivity index (χ4v) is 3.81. The highest BCUT2D eigenvalue weighted by Crippen LogP contribution is 2.43. The first-order chi connectivity index (χ1) is 13.3. The third kappa shape index (κ3) is 3.07. The van der Waals surface area contributed by atoms with Crippen molar-refractivity contribution in [2.45, 2.75) is 52.1 Å². The van der Waals surface area contributed by atoms with Crippen LogP contribution < -0.4 is 10.9 Å². The lowest BCUT2D eigenvalue weighted by Gasteiger charge is -2.21. The second kappa shape index (κ2) is 6.69. The van der Waals surface area contributed by atoms with Gasteiger partial charge in [0.05, 0.1) is 22.5 Å². The summed E-state index contributed by atoms with van der Waals surface area (Å²) in [5.41, 5.74) is 3.35. The summed E-state index contributed by atoms with van der Waals surface area (Å²) in [7, 11) is 0. The van der Waals surface area contributed by atoms with Crippen LogP contribution in [-0.4, -0.2) is 21.2 Å². The van der Waals surface area contributed by atoms with Gasteiger partial charge in [0.15, 0.2) is 0 Å². The highest BCUT2D eigenvalue weighted by atomic mass is 19.1. The van der Waals surface area contributed by atoms with Gasteiger partial charge in [-0.05, 0) is 57.2 Å². The number of aryl methyl sites for hydroxylation is 2. The average molecular weight is 380 g/mol. The molecule has 1 aliphatic rings. The summed E-state index contributed by atoms with van der Waals surface area (Å²) in [5, 5.41) is 4.22. The SMILES string of the molecule is Cc1nc(N[C@H](C)c2cccc(C)c2C)c2cn(C3(CF)CC3)c(=O)cc2n1. The largest absolute Gasteiger partial charge is 0.363 e. The zero-order chi connectivity index (χ0) is 20.1. The molecule has 6 heteroatoms. The number of pyridine rings is 1. The average Bonchev–Trinajstić information content (AvgIpc) is 3.44. The Labute approximate surface area is 163 Å². The number of fused-ring (bicyclic) bond motifs is 1. The van der Waals surface area contributed by atoms with Gasteiger partial charge in [0, 0.05) is 12.3 Å². The van der Waals surface area contributed by atoms with E-state index in [9.17, 15) is 9.18 Å². The lowest BCUT2D eigenvalue weighted by Crippen LogP contribution is -2.31. The number of anilines is 1. The second-order valence-corrected chi connectivity index (χ2v) is 7.91. The van der Waals surface area contributed by atoms with Gasteiger partial charge in [-0.2, -0.15) is 0 Å². The van der Waals surface area contributed by atoms with Crippen molar-refractivity contribution in [1.82, 2.24) is 14.5 Å². The molecule has 0 bridgehead atoms. The van der Waals surface area contributed by atoms with E-state index in [0.717, 1.165) is 5.39 Å². The van der Waals surface area contributed by atoms with E-state index < -0.39 is 12.2 Å². The molecule has 0 spiro atoms. The normalized spacial score (nSPS) is 16.2. The molecule has 2 heterocycles. The monoisotopic (exact) mass is 380 g/mol. The van der Waals surface area contributed by atoms with Crippen molar-refractivity contribution in [2.24, 2.45) is 0 Å². The molecule has 2 aromatic heterocycles. The van der Waals surface area contributed by atoms with Gasteiger partial charge in [-0.1, -0.05) is 18.2 Å². The Kier molecular flexibility index (Phi) is 4.44. The van der Waals surface area contributed by atoms with Gasteiger partial charge in [-0.25, -0.2) is 14.4 Å². The van der Waals surface area contributed by atoms with Crippen LogP contribution in [-0.2, 0) is 5.54 Å². The van der Waals surface area contributed by atoms with Gasteiger partial charge < -0.3 is 9.88 Å². The summed E-state index contributed by atoms with van der Waals surface area (Å²) in [4.78, 5) is 21.5. The zero-order valence-electron chi connectivity index (χ0n) is 16.7. The predicted molar refractivity (Wildman–Crippen MR) is 110 cm³/mol. The first-order valence-corrected chi connectivity index (χ1v) is 9.65. The summed E-state index contributed by atoms with van der Waals surface area (Å²) in [6.45, 7) is 7.57. The number of benzene rings is 1. The number of hydrogen-bond acceptors (Lipinski definition) is 4. The minimum Gasteiger partial charge on any atom is -0.363 e. The number of aromatic nitrogens is 3. The molecule has 1 N–H and O–H groups in total. The standard InChI is InChI=1S/C22H25FN4O/c1-13-6-5-7-17(14(13)2)15(3)24-21-18-11-27(22(12-23)8-9-22)20(28)10-19(18)25-16(4)26-21/h5-7,10-11,15H,8-9,12H2,1-4H3,(H,24,25,26)/t15-/m1/s1. The van der Waals surface area contributed by atoms with Crippen molar-refractivity contribution in [2.75, 3.05) is 12.0 Å². The Balaban J connectivity index is 1.81. The van der Waals surface area contributed by atoms with Crippen LogP contribution in [0.5, 0.6) is 0 Å². The summed E-state index contributed by atoms with van der Waals surface area (Å²) in [5.74, 6) is 1.26. The maximum Gasteiger partial charge on any atom is 0.253 e. The summed E-state index contributed by atoms with van der Waals surface area (Å²) < 4.78 is 15.1. The molecule has 1 saturated carbocycles. The van der Waals surface area contributed by atoms with Crippen LogP contribution in [0.3, 0.4) is 0 Å². The Bertz CT molecular complexity index is 1120. The van der Waals surface area contributed by atoms with E-state index in [2.05, 4.69) is 54.3 Å². The summed E-state index contributed by atoms with van der Waals surface area (Å²) in [6, 6.07) is 7.77. The molecule has 0 radical (unpaired) electrons. The number of halogens is 1. The second-order valence-electron chi connectivity index (χ2n) is 7.91. The van der Waals surface area contributed by atoms with Gasteiger partial charge in [0.2, 0.25) is 0 Å². The van der Waals surface area contributed by atoms with E-state index >= 15 is 0 Å². The molecular weight excluding hydrogens is 355 g/mol. The smallest absolute Gasteiger partial charge is 0.253 e. The van der Waals surface area contributed by atoms with Crippen molar-refractivity contribution in [3.05, 3.63) is 63.3 Å². The third-order valence-electron chi connectivity index (χ3n) is 5.90. The van der Waals surface area contributed by atoms with Crippen molar-refractivity contribution in [3.63, 3.8) is 0 Å². The molecule has 4 rings (SSSR count). The Morgan fingerprint density at radius 2 is 2.00 bits per heavy atom. The van der Waals surface area contributed by atoms with Crippen LogP contribution in [0.15, 0.2) is 35.3 Å². The maximum atomic E-state index is 13.6. The van der Waals surface area contributed by atoms with Crippen LogP contribution in [0.2, 0.25) is 0 Å². The quantitative estimate of drug-likeness (QED) is 0.715. The van der Waals surface area contributed by atoms with Gasteiger partial charge in [-0.15, -0.1) is 0 Å². The van der Waals surface area contributed by atoms with Crippen molar-refractivity contribution in [3.8, 4) is 0 Å². The molecule has 0 saturated heterocycles. The Hall–Kier alpha value is -2.76. The number of nitrogens with zero attached hydrogens (tertiary/aromatic N) is 3. The fourth-order valence-electron chi connectivity index (χ4n) is 3.81. The van der Waals surface area contributed by atoms with Crippen molar-refractivity contribution in [1.29, 1.82) is 0 Å². The third-order valence-corrected chi connectivity index (χ3v) is 5.90. The molecule has 28 heavy (non-hydrogen) atoms. The number of hydrogen-bond donors (Lipinski definition) is 1. The molecule has 0 amide bonds. The van der Waals surface area contributed by atoms with E-state index in [1.165, 1.54) is 27.3 Å². The minimum absolute atomic E-state index is 0.0221. The van der Waals surface area contributed by atoms with E-state index in [-0.39, 0.29) is 11.6 Å². The molecular formula is C22H25FN4O. The first-order valence-electron chi connectivity index (χ1n) is 9.65. The summed E-state index contributed by atoms with van der Waals surface area (Å²) >= 11 is 0. The lowest BCUT2D eigenvalue weighted by atomic mass is 9.98. The highest BCUT2D eigenvalue weighted by Gasteiger charge is 2.45. The molecule has 1 fully saturated rings. The number of nitrogens with one attached hydrogen (secondary N) is 1. The summed E-state index contributed by atoms with van der Waals surface area (Å²) in [6.07, 6.45) is 3.09. The Morgan fingerprint density at radius 3 is 2.68 bits per heavy atom. The lowest BCUT2D eigenvalue weighted by molar-refractivity contribution is 0.331. The first kappa shape index (κ1) is 18.6. The van der Waals surface area contributed by atoms with Gasteiger partial charge in [-0.3, -0.25) is 4.79 Å². The van der Waals surface area contributed by atoms with Gasteiger partial charge in [0.25, 0.3) is 5.56 Å². The molecule has 1 atom stereocenters. The van der Waals surface area contributed by atoms with E-state index in [1.807, 2.05) is 6.92 Å². The van der Waals surface area contributed by atoms with Crippen LogP contribution in [0.25, 0.3) is 10.9 Å². The number of rotatable bonds is 5. The van der Waals surface area contributed by atoms with E-state index in [1.54, 1.807) is 6.20 Å². The molecule has 3 aromatic rings. The van der Waals surface area contributed by atoms with Crippen molar-refractivity contribution >= 4 is 16.7 Å². The van der Waals surface area contributed by atoms with Crippen LogP contribution in [0.1, 0.15) is 48.3 Å². The van der Waals surface area contributed by atoms with E-state index in [0.29, 0.717) is 30.0 Å². The van der Waals surface area contributed by atoms with Gasteiger partial charge >= 0.3 is 0 Å². The minimum atomic E-state index is -0.688. The predicted octanol–water partition coefficient (Wildman–Crippen LogP) is 4.35. The number of alkyl halides is 1. The van der Waals surface area contributed by atoms with Gasteiger partial charge in [0.1, 0.15) is 18.3 Å². The highest BCUT2D eigenvalue weighted by molar-refractivity contribution is 5.88. The fraction of sp³-hybridized carbons (Fsp3) is 0.409. The molecule has 5 nitrogen and oxygen atoms in total. The van der Waals surface area contributed by atoms with Crippen LogP contribution in [0, 0.1) is 20.8 Å². The molecule has 0 aliphatic heterocycles. The topological polar surface area (TPSA) is 59.8 Å². The Morgan fingerprint density at radius 1 is 1.25 bits per heavy atom. The molecule has 146 valence electrons. The van der Waals surface area contributed by atoms with Crippen LogP contribution in [0.4, 0.5) is 10.2 Å². The maximum absolute atomic E-state index is 13.6. The molecule has 0 unspecified atom stereocenters. The van der Waals surface area contributed by atoms with Crippen LogP contribution >= 0.6 is 0 Å². The zero-order valence-corrected chi connectivity index (χ0v) is 16.7. The molecule has 1 aliphatic carbocycles.